The minimum absolute atomic E-state index is 0.0819. The molecule has 0 aromatic heterocycles. The number of hydrogen-bond acceptors (Lipinski definition) is 6. The topological polar surface area (TPSA) is 94.1 Å². The van der Waals surface area contributed by atoms with Gasteiger partial charge in [0.1, 0.15) is 18.4 Å². The van der Waals surface area contributed by atoms with Crippen LogP contribution in [0.25, 0.3) is 16.8 Å². The van der Waals surface area contributed by atoms with E-state index < -0.39 is 5.91 Å². The summed E-state index contributed by atoms with van der Waals surface area (Å²) in [6.07, 6.45) is 2.84. The summed E-state index contributed by atoms with van der Waals surface area (Å²) in [4.78, 5) is 23.5. The summed E-state index contributed by atoms with van der Waals surface area (Å²) in [5.74, 6) is 0.411. The molecule has 3 heterocycles. The van der Waals surface area contributed by atoms with Crippen molar-refractivity contribution in [1.29, 1.82) is 0 Å². The van der Waals surface area contributed by atoms with Gasteiger partial charge < -0.3 is 4.74 Å². The van der Waals surface area contributed by atoms with Crippen LogP contribution in [0.5, 0.6) is 5.75 Å². The predicted molar refractivity (Wildman–Crippen MR) is 123 cm³/mol. The lowest BCUT2D eigenvalue weighted by Crippen LogP contribution is -2.66. The molecule has 0 radical (unpaired) electrons. The van der Waals surface area contributed by atoms with Gasteiger partial charge in [-0.05, 0) is 41.1 Å². The van der Waals surface area contributed by atoms with Gasteiger partial charge in [0.05, 0.1) is 0 Å². The fraction of sp³-hybridized carbons (Fsp3) is 0.200. The van der Waals surface area contributed by atoms with Crippen LogP contribution in [0.2, 0.25) is 0 Å². The number of nitrogens with zero attached hydrogens (tertiary/aromatic N) is 2. The molecule has 8 nitrogen and oxygen atoms in total. The Kier molecular flexibility index (Phi) is 5.78. The highest BCUT2D eigenvalue weighted by Gasteiger charge is 2.51. The number of rotatable bonds is 8. The van der Waals surface area contributed by atoms with Crippen molar-refractivity contribution >= 4 is 28.7 Å². The van der Waals surface area contributed by atoms with Gasteiger partial charge >= 0.3 is 0 Å². The Bertz CT molecular complexity index is 1210. The van der Waals surface area contributed by atoms with Crippen molar-refractivity contribution in [2.24, 2.45) is 0 Å². The first kappa shape index (κ1) is 21.1. The number of nitrogens with one attached hydrogen (secondary N) is 2. The zero-order valence-electron chi connectivity index (χ0n) is 17.9. The third-order valence-corrected chi connectivity index (χ3v) is 5.99. The maximum absolute atomic E-state index is 11.9. The van der Waals surface area contributed by atoms with Crippen LogP contribution in [0.1, 0.15) is 22.3 Å². The molecule has 3 aliphatic heterocycles. The molecule has 168 valence electrons. The molecule has 0 spiro atoms. The van der Waals surface area contributed by atoms with E-state index >= 15 is 0 Å². The van der Waals surface area contributed by atoms with Crippen molar-refractivity contribution < 1.29 is 19.5 Å². The van der Waals surface area contributed by atoms with E-state index in [0.717, 1.165) is 40.6 Å². The highest BCUT2D eigenvalue weighted by molar-refractivity contribution is 5.93. The van der Waals surface area contributed by atoms with Gasteiger partial charge in [-0.1, -0.05) is 54.6 Å². The van der Waals surface area contributed by atoms with E-state index in [4.69, 9.17) is 9.94 Å². The Labute approximate surface area is 190 Å². The smallest absolute Gasteiger partial charge is 0.274 e. The largest absolute Gasteiger partial charge is 0.489 e. The van der Waals surface area contributed by atoms with Crippen LogP contribution in [0.4, 0.5) is 0 Å². The second-order valence-electron chi connectivity index (χ2n) is 8.08. The normalized spacial score (nSPS) is 17.8. The van der Waals surface area contributed by atoms with Crippen LogP contribution in [0.3, 0.4) is 0 Å². The van der Waals surface area contributed by atoms with Crippen LogP contribution >= 0.6 is 0 Å². The minimum Gasteiger partial charge on any atom is -0.489 e. The molecule has 0 aliphatic carbocycles. The van der Waals surface area contributed by atoms with E-state index in [1.165, 1.54) is 0 Å². The van der Waals surface area contributed by atoms with Crippen LogP contribution < -0.4 is 15.6 Å². The number of hydroxylamine groups is 1. The van der Waals surface area contributed by atoms with Crippen LogP contribution in [-0.2, 0) is 4.79 Å². The quantitative estimate of drug-likeness (QED) is 0.365. The van der Waals surface area contributed by atoms with Crippen molar-refractivity contribution in [2.45, 2.75) is 12.5 Å². The Morgan fingerprint density at radius 3 is 2.61 bits per heavy atom. The number of hydrogen-bond donors (Lipinski definition) is 3. The van der Waals surface area contributed by atoms with Gasteiger partial charge in [-0.25, -0.2) is 10.9 Å². The average molecular weight is 444 g/mol. The molecule has 3 fully saturated rings. The van der Waals surface area contributed by atoms with Crippen LogP contribution in [0.15, 0.2) is 72.3 Å². The molecule has 1 unspecified atom stereocenters. The van der Waals surface area contributed by atoms with E-state index in [9.17, 15) is 9.59 Å². The van der Waals surface area contributed by atoms with Crippen molar-refractivity contribution in [3.63, 3.8) is 0 Å². The van der Waals surface area contributed by atoms with E-state index in [0.29, 0.717) is 18.7 Å². The number of amides is 2. The SMILES string of the molecule is O=C(NO)c1ccc(/C=C(/CNN2C3CCN2C3=O)COc2cccc3ccccc23)cc1. The fourth-order valence-electron chi connectivity index (χ4n) is 4.25. The zero-order chi connectivity index (χ0) is 22.8. The first-order valence-corrected chi connectivity index (χ1v) is 10.8. The second-order valence-corrected chi connectivity index (χ2v) is 8.08. The van der Waals surface area contributed by atoms with E-state index in [1.807, 2.05) is 53.7 Å². The standard InChI is InChI=1S/C25H24N4O4/c30-24(27-32)20-10-8-17(9-11-20)14-18(15-26-29-22-12-13-28(29)25(22)31)16-33-23-7-3-5-19-4-1-2-6-21(19)23/h1-11,14,22,26,32H,12-13,15-16H2,(H,27,30)/b18-14-. The molecule has 1 atom stereocenters. The summed E-state index contributed by atoms with van der Waals surface area (Å²) in [5, 5.41) is 14.6. The highest BCUT2D eigenvalue weighted by atomic mass is 16.5. The maximum Gasteiger partial charge on any atom is 0.274 e. The molecule has 2 amide bonds. The summed E-state index contributed by atoms with van der Waals surface area (Å²) in [5.41, 5.74) is 7.21. The van der Waals surface area contributed by atoms with E-state index in [-0.39, 0.29) is 11.9 Å². The molecule has 3 aliphatic rings. The van der Waals surface area contributed by atoms with Gasteiger partial charge in [0, 0.05) is 24.0 Å². The molecular formula is C25H24N4O4. The lowest BCUT2D eigenvalue weighted by molar-refractivity contribution is -0.186. The van der Waals surface area contributed by atoms with Crippen molar-refractivity contribution in [3.8, 4) is 5.75 Å². The maximum atomic E-state index is 11.9. The molecule has 6 rings (SSSR count). The molecule has 8 heteroatoms. The summed E-state index contributed by atoms with van der Waals surface area (Å²) >= 11 is 0. The molecule has 3 aromatic carbocycles. The number of fused-ring (bicyclic) bond motifs is 2. The molecule has 0 saturated carbocycles. The average Bonchev–Trinajstić information content (AvgIpc) is 3.47. The predicted octanol–water partition coefficient (Wildman–Crippen LogP) is 2.76. The van der Waals surface area contributed by atoms with Crippen molar-refractivity contribution in [2.75, 3.05) is 19.7 Å². The zero-order valence-corrected chi connectivity index (χ0v) is 17.9. The summed E-state index contributed by atoms with van der Waals surface area (Å²) in [6.45, 7) is 1.60. The Morgan fingerprint density at radius 1 is 1.09 bits per heavy atom. The highest BCUT2D eigenvalue weighted by Crippen LogP contribution is 2.29. The Hall–Kier alpha value is -3.72. The molecule has 33 heavy (non-hydrogen) atoms. The van der Waals surface area contributed by atoms with Gasteiger partial charge in [-0.3, -0.25) is 19.8 Å². The fourth-order valence-corrected chi connectivity index (χ4v) is 4.25. The summed E-state index contributed by atoms with van der Waals surface area (Å²) in [6, 6.07) is 20.9. The summed E-state index contributed by atoms with van der Waals surface area (Å²) in [7, 11) is 0. The van der Waals surface area contributed by atoms with Crippen molar-refractivity contribution in [1.82, 2.24) is 21.0 Å². The third-order valence-electron chi connectivity index (χ3n) is 5.99. The number of carbonyl (C=O) groups excluding carboxylic acids is 2. The summed E-state index contributed by atoms with van der Waals surface area (Å²) < 4.78 is 6.20. The first-order chi connectivity index (χ1) is 16.1. The van der Waals surface area contributed by atoms with E-state index in [2.05, 4.69) is 17.6 Å². The number of hydrazine groups is 2. The van der Waals surface area contributed by atoms with Crippen molar-refractivity contribution in [3.05, 3.63) is 83.4 Å². The van der Waals surface area contributed by atoms with Crippen LogP contribution in [0, 0.1) is 0 Å². The number of benzene rings is 3. The molecular weight excluding hydrogens is 420 g/mol. The van der Waals surface area contributed by atoms with Gasteiger partial charge in [-0.15, -0.1) is 5.12 Å². The monoisotopic (exact) mass is 444 g/mol. The Balaban J connectivity index is 1.34. The third kappa shape index (κ3) is 4.19. The first-order valence-electron chi connectivity index (χ1n) is 10.8. The lowest BCUT2D eigenvalue weighted by atomic mass is 10.1. The molecule has 3 aromatic rings. The van der Waals surface area contributed by atoms with E-state index in [1.54, 1.807) is 22.6 Å². The van der Waals surface area contributed by atoms with Gasteiger partial charge in [0.15, 0.2) is 0 Å². The molecule has 3 N–H and O–H groups in total. The van der Waals surface area contributed by atoms with Crippen LogP contribution in [-0.4, -0.2) is 52.9 Å². The number of ether oxygens (including phenoxy) is 1. The lowest BCUT2D eigenvalue weighted by Gasteiger charge is -2.41. The molecule has 3 saturated heterocycles. The number of carbonyl (C=O) groups is 2. The van der Waals surface area contributed by atoms with Gasteiger partial charge in [-0.2, -0.15) is 0 Å². The second kappa shape index (κ2) is 9.03. The minimum atomic E-state index is -0.557. The Morgan fingerprint density at radius 2 is 1.88 bits per heavy atom. The van der Waals surface area contributed by atoms with Gasteiger partial charge in [0.25, 0.3) is 11.8 Å². The molecule has 2 bridgehead atoms. The van der Waals surface area contributed by atoms with Gasteiger partial charge in [0.2, 0.25) is 0 Å².